The normalized spacial score (nSPS) is 9.88. The lowest BCUT2D eigenvalue weighted by molar-refractivity contribution is -0.134. The molecule has 4 heteroatoms. The molecule has 16 heavy (non-hydrogen) atoms. The average molecular weight is 223 g/mol. The Balaban J connectivity index is 2.68. The minimum atomic E-state index is -0.262. The molecule has 0 radical (unpaired) electrons. The van der Waals surface area contributed by atoms with Crippen LogP contribution in [-0.4, -0.2) is 13.1 Å². The molecule has 0 aromatic heterocycles. The molecule has 0 heterocycles. The van der Waals surface area contributed by atoms with E-state index < -0.39 is 0 Å². The summed E-state index contributed by atoms with van der Waals surface area (Å²) >= 11 is 0. The van der Waals surface area contributed by atoms with Crippen molar-refractivity contribution in [2.75, 3.05) is 12.8 Å². The zero-order valence-electron chi connectivity index (χ0n) is 9.66. The molecule has 0 aliphatic carbocycles. The topological polar surface area (TPSA) is 61.5 Å². The predicted octanol–water partition coefficient (Wildman–Crippen LogP) is 2.37. The number of anilines is 1. The molecule has 1 aromatic rings. The molecule has 2 N–H and O–H groups in total. The van der Waals surface area contributed by atoms with E-state index in [1.54, 1.807) is 25.3 Å². The van der Waals surface area contributed by atoms with E-state index in [4.69, 9.17) is 15.2 Å². The van der Waals surface area contributed by atoms with Crippen molar-refractivity contribution < 1.29 is 14.3 Å². The number of carbonyl (C=O) groups excluding carboxylic acids is 1. The second kappa shape index (κ2) is 6.00. The smallest absolute Gasteiger partial charge is 0.311 e. The Labute approximate surface area is 95.3 Å². The highest BCUT2D eigenvalue weighted by atomic mass is 16.5. The van der Waals surface area contributed by atoms with Crippen LogP contribution in [0.25, 0.3) is 0 Å². The minimum absolute atomic E-state index is 0.262. The number of unbranched alkanes of at least 4 members (excludes halogenated alkanes) is 1. The third-order valence-electron chi connectivity index (χ3n) is 2.18. The molecule has 0 unspecified atom stereocenters. The number of nitrogens with two attached hydrogens (primary N) is 1. The number of hydrogen-bond acceptors (Lipinski definition) is 4. The van der Waals surface area contributed by atoms with Gasteiger partial charge in [0.05, 0.1) is 12.8 Å². The molecule has 1 aromatic carbocycles. The molecule has 0 atom stereocenters. The number of esters is 1. The van der Waals surface area contributed by atoms with Crippen LogP contribution in [0.1, 0.15) is 26.2 Å². The van der Waals surface area contributed by atoms with E-state index in [-0.39, 0.29) is 5.97 Å². The molecule has 4 nitrogen and oxygen atoms in total. The largest absolute Gasteiger partial charge is 0.497 e. The number of ether oxygens (including phenoxy) is 2. The first-order valence-corrected chi connectivity index (χ1v) is 5.31. The summed E-state index contributed by atoms with van der Waals surface area (Å²) in [7, 11) is 1.55. The number of rotatable bonds is 5. The molecular weight excluding hydrogens is 206 g/mol. The van der Waals surface area contributed by atoms with Gasteiger partial charge in [0, 0.05) is 12.5 Å². The highest BCUT2D eigenvalue weighted by molar-refractivity contribution is 5.74. The van der Waals surface area contributed by atoms with Crippen LogP contribution in [0.3, 0.4) is 0 Å². The van der Waals surface area contributed by atoms with E-state index in [0.29, 0.717) is 23.6 Å². The predicted molar refractivity (Wildman–Crippen MR) is 62.6 cm³/mol. The van der Waals surface area contributed by atoms with E-state index in [2.05, 4.69) is 0 Å². The van der Waals surface area contributed by atoms with Crippen molar-refractivity contribution in [1.29, 1.82) is 0 Å². The van der Waals surface area contributed by atoms with Crippen LogP contribution < -0.4 is 15.2 Å². The molecule has 88 valence electrons. The number of nitrogen functional groups attached to an aromatic ring is 1. The third kappa shape index (κ3) is 3.46. The maximum Gasteiger partial charge on any atom is 0.311 e. The van der Waals surface area contributed by atoms with Crippen LogP contribution in [0.2, 0.25) is 0 Å². The lowest BCUT2D eigenvalue weighted by Gasteiger charge is -2.08. The molecule has 0 fully saturated rings. The monoisotopic (exact) mass is 223 g/mol. The van der Waals surface area contributed by atoms with Crippen molar-refractivity contribution in [3.05, 3.63) is 18.2 Å². The van der Waals surface area contributed by atoms with Gasteiger partial charge in [-0.3, -0.25) is 4.79 Å². The van der Waals surface area contributed by atoms with Crippen molar-refractivity contribution in [1.82, 2.24) is 0 Å². The molecule has 1 rings (SSSR count). The van der Waals surface area contributed by atoms with Crippen LogP contribution in [0.5, 0.6) is 11.5 Å². The van der Waals surface area contributed by atoms with E-state index in [9.17, 15) is 4.79 Å². The van der Waals surface area contributed by atoms with E-state index in [0.717, 1.165) is 12.8 Å². The summed E-state index contributed by atoms with van der Waals surface area (Å²) in [5.41, 5.74) is 6.12. The Morgan fingerprint density at radius 2 is 2.19 bits per heavy atom. The van der Waals surface area contributed by atoms with Crippen molar-refractivity contribution in [2.24, 2.45) is 0 Å². The van der Waals surface area contributed by atoms with Crippen LogP contribution in [0, 0.1) is 0 Å². The maximum absolute atomic E-state index is 11.4. The van der Waals surface area contributed by atoms with Gasteiger partial charge in [0.1, 0.15) is 5.75 Å². The van der Waals surface area contributed by atoms with Gasteiger partial charge in [0.15, 0.2) is 5.75 Å². The zero-order chi connectivity index (χ0) is 12.0. The van der Waals surface area contributed by atoms with E-state index in [1.165, 1.54) is 0 Å². The van der Waals surface area contributed by atoms with Crippen molar-refractivity contribution in [3.8, 4) is 11.5 Å². The molecule has 0 aliphatic rings. The summed E-state index contributed by atoms with van der Waals surface area (Å²) in [4.78, 5) is 11.4. The quantitative estimate of drug-likeness (QED) is 0.473. The highest BCUT2D eigenvalue weighted by Crippen LogP contribution is 2.27. The fraction of sp³-hybridized carbons (Fsp3) is 0.417. The van der Waals surface area contributed by atoms with Gasteiger partial charge in [-0.15, -0.1) is 0 Å². The molecular formula is C12H17NO3. The number of carbonyl (C=O) groups is 1. The maximum atomic E-state index is 11.4. The van der Waals surface area contributed by atoms with Crippen molar-refractivity contribution in [3.63, 3.8) is 0 Å². The van der Waals surface area contributed by atoms with Crippen LogP contribution in [0.15, 0.2) is 18.2 Å². The SMILES string of the molecule is CCCCC(=O)Oc1cc(OC)ccc1N. The van der Waals surface area contributed by atoms with Gasteiger partial charge >= 0.3 is 5.97 Å². The minimum Gasteiger partial charge on any atom is -0.497 e. The number of methoxy groups -OCH3 is 1. The van der Waals surface area contributed by atoms with Crippen LogP contribution in [-0.2, 0) is 4.79 Å². The van der Waals surface area contributed by atoms with Gasteiger partial charge in [0.25, 0.3) is 0 Å². The Morgan fingerprint density at radius 3 is 2.81 bits per heavy atom. The van der Waals surface area contributed by atoms with E-state index >= 15 is 0 Å². The Kier molecular flexibility index (Phi) is 4.64. The third-order valence-corrected chi connectivity index (χ3v) is 2.18. The summed E-state index contributed by atoms with van der Waals surface area (Å²) in [6, 6.07) is 4.99. The fourth-order valence-corrected chi connectivity index (χ4v) is 1.22. The lowest BCUT2D eigenvalue weighted by atomic mass is 10.2. The summed E-state index contributed by atoms with van der Waals surface area (Å²) < 4.78 is 10.2. The zero-order valence-corrected chi connectivity index (χ0v) is 9.66. The first kappa shape index (κ1) is 12.4. The van der Waals surface area contributed by atoms with Gasteiger partial charge in [-0.2, -0.15) is 0 Å². The lowest BCUT2D eigenvalue weighted by Crippen LogP contribution is -2.08. The summed E-state index contributed by atoms with van der Waals surface area (Å²) in [6.07, 6.45) is 2.19. The first-order chi connectivity index (χ1) is 7.67. The van der Waals surface area contributed by atoms with Gasteiger partial charge in [-0.05, 0) is 18.6 Å². The molecule has 0 saturated carbocycles. The Morgan fingerprint density at radius 1 is 1.44 bits per heavy atom. The Hall–Kier alpha value is -1.71. The molecule has 0 bridgehead atoms. The van der Waals surface area contributed by atoms with Crippen LogP contribution >= 0.6 is 0 Å². The van der Waals surface area contributed by atoms with Crippen molar-refractivity contribution >= 4 is 11.7 Å². The number of benzene rings is 1. The summed E-state index contributed by atoms with van der Waals surface area (Å²) in [5, 5.41) is 0. The number of hydrogen-bond donors (Lipinski definition) is 1. The second-order valence-electron chi connectivity index (χ2n) is 3.48. The summed E-state index contributed by atoms with van der Waals surface area (Å²) in [6.45, 7) is 2.02. The van der Waals surface area contributed by atoms with Gasteiger partial charge < -0.3 is 15.2 Å². The fourth-order valence-electron chi connectivity index (χ4n) is 1.22. The van der Waals surface area contributed by atoms with E-state index in [1.807, 2.05) is 6.92 Å². The molecule has 0 spiro atoms. The van der Waals surface area contributed by atoms with Crippen LogP contribution in [0.4, 0.5) is 5.69 Å². The first-order valence-electron chi connectivity index (χ1n) is 5.31. The van der Waals surface area contributed by atoms with Gasteiger partial charge in [-0.25, -0.2) is 0 Å². The second-order valence-corrected chi connectivity index (χ2v) is 3.48. The van der Waals surface area contributed by atoms with Crippen molar-refractivity contribution in [2.45, 2.75) is 26.2 Å². The Bertz CT molecular complexity index is 363. The highest BCUT2D eigenvalue weighted by Gasteiger charge is 2.08. The molecule has 0 amide bonds. The molecule has 0 aliphatic heterocycles. The molecule has 0 saturated heterocycles. The standard InChI is InChI=1S/C12H17NO3/c1-3-4-5-12(14)16-11-8-9(15-2)6-7-10(11)13/h6-8H,3-5,13H2,1-2H3. The van der Waals surface area contributed by atoms with Gasteiger partial charge in [-0.1, -0.05) is 13.3 Å². The van der Waals surface area contributed by atoms with Gasteiger partial charge in [0.2, 0.25) is 0 Å². The average Bonchev–Trinajstić information content (AvgIpc) is 2.29. The summed E-state index contributed by atoms with van der Waals surface area (Å²) in [5.74, 6) is 0.717.